The molecule has 0 spiro atoms. The van der Waals surface area contributed by atoms with Crippen molar-refractivity contribution in [3.05, 3.63) is 89.7 Å². The molecule has 3 aromatic rings. The van der Waals surface area contributed by atoms with Gasteiger partial charge in [0.2, 0.25) is 0 Å². The first-order valence-corrected chi connectivity index (χ1v) is 8.73. The highest BCUT2D eigenvalue weighted by atomic mass is 16.2. The number of nitrogens with zero attached hydrogens (tertiary/aromatic N) is 2. The Balaban J connectivity index is 1.77. The number of carbonyl (C=O) groups is 1. The van der Waals surface area contributed by atoms with Crippen molar-refractivity contribution in [1.82, 2.24) is 9.99 Å². The molecule has 0 bridgehead atoms. The van der Waals surface area contributed by atoms with E-state index in [9.17, 15) is 4.79 Å². The lowest BCUT2D eigenvalue weighted by atomic mass is 10.0. The number of para-hydroxylation sites is 1. The van der Waals surface area contributed by atoms with Crippen molar-refractivity contribution < 1.29 is 4.79 Å². The smallest absolute Gasteiger partial charge is 0.273 e. The minimum absolute atomic E-state index is 0.229. The van der Waals surface area contributed by atoms with Gasteiger partial charge in [0.1, 0.15) is 0 Å². The molecule has 0 saturated heterocycles. The number of amides is 1. The van der Waals surface area contributed by atoms with Gasteiger partial charge in [0.25, 0.3) is 5.91 Å². The molecule has 2 aromatic carbocycles. The molecule has 1 N–H and O–H groups in total. The lowest BCUT2D eigenvalue weighted by Crippen LogP contribution is -2.21. The van der Waals surface area contributed by atoms with Crippen LogP contribution in [-0.4, -0.2) is 16.2 Å². The minimum atomic E-state index is -0.229. The molecule has 0 atom stereocenters. The van der Waals surface area contributed by atoms with Crippen LogP contribution in [0.15, 0.2) is 78.2 Å². The molecule has 1 heterocycles. The molecule has 1 aromatic heterocycles. The Morgan fingerprint density at radius 2 is 1.62 bits per heavy atom. The normalized spacial score (nSPS) is 11.6. The number of carbonyl (C=O) groups excluding carboxylic acids is 1. The summed E-state index contributed by atoms with van der Waals surface area (Å²) in [7, 11) is 0. The summed E-state index contributed by atoms with van der Waals surface area (Å²) in [6.07, 6.45) is 3.83. The van der Waals surface area contributed by atoms with Crippen molar-refractivity contribution in [3.63, 3.8) is 0 Å². The molecule has 3 rings (SSSR count). The first kappa shape index (κ1) is 17.7. The average molecular weight is 345 g/mol. The molecule has 0 radical (unpaired) electrons. The molecular formula is C22H23N3O. The Kier molecular flexibility index (Phi) is 5.32. The molecular weight excluding hydrogens is 322 g/mol. The van der Waals surface area contributed by atoms with Crippen molar-refractivity contribution in [2.75, 3.05) is 0 Å². The van der Waals surface area contributed by atoms with E-state index in [4.69, 9.17) is 0 Å². The summed E-state index contributed by atoms with van der Waals surface area (Å²) in [6, 6.07) is 19.6. The summed E-state index contributed by atoms with van der Waals surface area (Å²) in [5, 5.41) is 4.28. The van der Waals surface area contributed by atoms with Gasteiger partial charge in [-0.15, -0.1) is 0 Å². The molecule has 0 aliphatic rings. The van der Waals surface area contributed by atoms with E-state index in [1.54, 1.807) is 6.07 Å². The van der Waals surface area contributed by atoms with E-state index >= 15 is 0 Å². The largest absolute Gasteiger partial charge is 0.323 e. The molecule has 26 heavy (non-hydrogen) atoms. The van der Waals surface area contributed by atoms with Crippen LogP contribution < -0.4 is 5.43 Å². The Morgan fingerprint density at radius 1 is 0.962 bits per heavy atom. The quantitative estimate of drug-likeness (QED) is 0.526. The Bertz CT molecular complexity index is 907. The van der Waals surface area contributed by atoms with Crippen molar-refractivity contribution in [1.29, 1.82) is 0 Å². The van der Waals surface area contributed by atoms with Gasteiger partial charge in [-0.1, -0.05) is 50.2 Å². The standard InChI is InChI=1S/C22H23N3O/c1-16(2)18-10-12-19(13-11-18)17(3)23-24-22(26)20-8-4-5-9-21(20)25-14-6-7-15-25/h4-16H,1-3H3,(H,24,26). The lowest BCUT2D eigenvalue weighted by Gasteiger charge is -2.10. The van der Waals surface area contributed by atoms with E-state index in [1.165, 1.54) is 5.56 Å². The van der Waals surface area contributed by atoms with Gasteiger partial charge in [0, 0.05) is 12.4 Å². The van der Waals surface area contributed by atoms with Crippen LogP contribution in [0.2, 0.25) is 0 Å². The fourth-order valence-electron chi connectivity index (χ4n) is 2.75. The van der Waals surface area contributed by atoms with Gasteiger partial charge in [0.15, 0.2) is 0 Å². The monoisotopic (exact) mass is 345 g/mol. The second kappa shape index (κ2) is 7.83. The van der Waals surface area contributed by atoms with Crippen LogP contribution >= 0.6 is 0 Å². The van der Waals surface area contributed by atoms with E-state index in [0.717, 1.165) is 17.0 Å². The molecule has 4 nitrogen and oxygen atoms in total. The zero-order valence-corrected chi connectivity index (χ0v) is 15.3. The van der Waals surface area contributed by atoms with E-state index in [0.29, 0.717) is 11.5 Å². The van der Waals surface area contributed by atoms with Crippen molar-refractivity contribution in [2.24, 2.45) is 5.10 Å². The second-order valence-corrected chi connectivity index (χ2v) is 6.52. The topological polar surface area (TPSA) is 46.4 Å². The average Bonchev–Trinajstić information content (AvgIpc) is 3.20. The lowest BCUT2D eigenvalue weighted by molar-refractivity contribution is 0.0955. The van der Waals surface area contributed by atoms with Gasteiger partial charge in [-0.25, -0.2) is 5.43 Å². The van der Waals surface area contributed by atoms with Crippen LogP contribution in [-0.2, 0) is 0 Å². The summed E-state index contributed by atoms with van der Waals surface area (Å²) in [5.41, 5.74) is 7.12. The van der Waals surface area contributed by atoms with Crippen molar-refractivity contribution in [3.8, 4) is 5.69 Å². The summed E-state index contributed by atoms with van der Waals surface area (Å²) in [6.45, 7) is 6.22. The van der Waals surface area contributed by atoms with Gasteiger partial charge in [-0.2, -0.15) is 5.10 Å². The predicted octanol–water partition coefficient (Wildman–Crippen LogP) is 4.75. The van der Waals surface area contributed by atoms with E-state index < -0.39 is 0 Å². The fraction of sp³-hybridized carbons (Fsp3) is 0.182. The number of rotatable bonds is 5. The predicted molar refractivity (Wildman–Crippen MR) is 106 cm³/mol. The van der Waals surface area contributed by atoms with Crippen LogP contribution in [0.3, 0.4) is 0 Å². The Morgan fingerprint density at radius 3 is 2.27 bits per heavy atom. The molecule has 0 fully saturated rings. The summed E-state index contributed by atoms with van der Waals surface area (Å²) in [4.78, 5) is 12.6. The maximum absolute atomic E-state index is 12.6. The highest BCUT2D eigenvalue weighted by Crippen LogP contribution is 2.16. The molecule has 4 heteroatoms. The van der Waals surface area contributed by atoms with Gasteiger partial charge >= 0.3 is 0 Å². The van der Waals surface area contributed by atoms with Crippen LogP contribution in [0.25, 0.3) is 5.69 Å². The third-order valence-electron chi connectivity index (χ3n) is 4.35. The SMILES string of the molecule is CC(=NNC(=O)c1ccccc1-n1cccc1)c1ccc(C(C)C)cc1. The fourth-order valence-corrected chi connectivity index (χ4v) is 2.75. The highest BCUT2D eigenvalue weighted by molar-refractivity contribution is 6.02. The first-order chi connectivity index (χ1) is 12.6. The second-order valence-electron chi connectivity index (χ2n) is 6.52. The highest BCUT2D eigenvalue weighted by Gasteiger charge is 2.11. The number of aromatic nitrogens is 1. The summed E-state index contributed by atoms with van der Waals surface area (Å²) < 4.78 is 1.91. The molecule has 0 unspecified atom stereocenters. The maximum atomic E-state index is 12.6. The summed E-state index contributed by atoms with van der Waals surface area (Å²) in [5.74, 6) is 0.263. The van der Waals surface area contributed by atoms with E-state index in [-0.39, 0.29) is 5.91 Å². The molecule has 132 valence electrons. The van der Waals surface area contributed by atoms with Crippen molar-refractivity contribution in [2.45, 2.75) is 26.7 Å². The molecule has 0 saturated carbocycles. The maximum Gasteiger partial charge on any atom is 0.273 e. The third kappa shape index (κ3) is 3.91. The number of hydrazone groups is 1. The molecule has 1 amide bonds. The zero-order chi connectivity index (χ0) is 18.5. The van der Waals surface area contributed by atoms with E-state index in [2.05, 4.69) is 36.5 Å². The number of hydrogen-bond donors (Lipinski definition) is 1. The number of benzene rings is 2. The van der Waals surface area contributed by atoms with Crippen LogP contribution in [0, 0.1) is 0 Å². The van der Waals surface area contributed by atoms with Crippen LogP contribution in [0.4, 0.5) is 0 Å². The summed E-state index contributed by atoms with van der Waals surface area (Å²) >= 11 is 0. The first-order valence-electron chi connectivity index (χ1n) is 8.73. The van der Waals surface area contributed by atoms with E-state index in [1.807, 2.05) is 66.3 Å². The van der Waals surface area contributed by atoms with Gasteiger partial charge in [0.05, 0.1) is 17.0 Å². The Labute approximate surface area is 154 Å². The Hall–Kier alpha value is -3.14. The number of hydrogen-bond acceptors (Lipinski definition) is 2. The van der Waals surface area contributed by atoms with Crippen LogP contribution in [0.1, 0.15) is 48.2 Å². The minimum Gasteiger partial charge on any atom is -0.323 e. The van der Waals surface area contributed by atoms with Crippen molar-refractivity contribution >= 4 is 11.6 Å². The van der Waals surface area contributed by atoms with Gasteiger partial charge in [-0.3, -0.25) is 4.79 Å². The molecule has 0 aliphatic heterocycles. The van der Waals surface area contributed by atoms with Crippen LogP contribution in [0.5, 0.6) is 0 Å². The third-order valence-corrected chi connectivity index (χ3v) is 4.35. The van der Waals surface area contributed by atoms with Gasteiger partial charge in [-0.05, 0) is 48.2 Å². The number of nitrogens with one attached hydrogen (secondary N) is 1. The zero-order valence-electron chi connectivity index (χ0n) is 15.3. The van der Waals surface area contributed by atoms with Gasteiger partial charge < -0.3 is 4.57 Å². The molecule has 0 aliphatic carbocycles.